The van der Waals surface area contributed by atoms with Crippen LogP contribution in [0.3, 0.4) is 0 Å². The van der Waals surface area contributed by atoms with Gasteiger partial charge < -0.3 is 15.5 Å². The Kier molecular flexibility index (Phi) is 3.93. The molecule has 3 rings (SSSR count). The van der Waals surface area contributed by atoms with E-state index in [1.165, 1.54) is 0 Å². The van der Waals surface area contributed by atoms with Crippen LogP contribution in [0.25, 0.3) is 10.9 Å². The highest BCUT2D eigenvalue weighted by atomic mass is 35.5. The molecule has 0 aliphatic carbocycles. The normalized spacial score (nSPS) is 17.2. The number of rotatable bonds is 2. The Labute approximate surface area is 134 Å². The van der Waals surface area contributed by atoms with Gasteiger partial charge in [-0.3, -0.25) is 4.79 Å². The third-order valence-electron chi connectivity index (χ3n) is 4.05. The van der Waals surface area contributed by atoms with Gasteiger partial charge in [-0.15, -0.1) is 0 Å². The first-order valence-corrected chi connectivity index (χ1v) is 7.69. The van der Waals surface area contributed by atoms with Gasteiger partial charge in [0, 0.05) is 37.1 Å². The molecule has 1 aromatic carbocycles. The van der Waals surface area contributed by atoms with E-state index in [-0.39, 0.29) is 11.9 Å². The average Bonchev–Trinajstić information content (AvgIpc) is 2.49. The molecule has 0 radical (unpaired) electrons. The van der Waals surface area contributed by atoms with E-state index >= 15 is 0 Å². The van der Waals surface area contributed by atoms with Gasteiger partial charge in [-0.2, -0.15) is 0 Å². The van der Waals surface area contributed by atoms with E-state index in [1.807, 2.05) is 43.1 Å². The predicted octanol–water partition coefficient (Wildman–Crippen LogP) is 2.19. The summed E-state index contributed by atoms with van der Waals surface area (Å²) in [6, 6.07) is 7.55. The van der Waals surface area contributed by atoms with Gasteiger partial charge in [0.1, 0.15) is 5.82 Å². The van der Waals surface area contributed by atoms with E-state index in [4.69, 9.17) is 22.3 Å². The summed E-state index contributed by atoms with van der Waals surface area (Å²) in [7, 11) is 1.82. The molecule has 0 spiro atoms. The minimum absolute atomic E-state index is 0.0860. The van der Waals surface area contributed by atoms with Crippen LogP contribution >= 0.6 is 11.6 Å². The Balaban J connectivity index is 2.12. The second-order valence-corrected chi connectivity index (χ2v) is 6.15. The Morgan fingerprint density at radius 2 is 2.14 bits per heavy atom. The minimum atomic E-state index is -0.166. The van der Waals surface area contributed by atoms with Crippen molar-refractivity contribution in [3.63, 3.8) is 0 Å². The summed E-state index contributed by atoms with van der Waals surface area (Å²) >= 11 is 6.26. The van der Waals surface area contributed by atoms with Gasteiger partial charge in [-0.05, 0) is 19.1 Å². The first-order chi connectivity index (χ1) is 10.5. The topological polar surface area (TPSA) is 62.5 Å². The maximum absolute atomic E-state index is 12.0. The first-order valence-electron chi connectivity index (χ1n) is 7.31. The van der Waals surface area contributed by atoms with Gasteiger partial charge in [0.2, 0.25) is 5.91 Å². The number of likely N-dealkylation sites (N-methyl/N-ethyl adjacent to an activating group) is 1. The van der Waals surface area contributed by atoms with Crippen LogP contribution in [0.4, 0.5) is 5.82 Å². The lowest BCUT2D eigenvalue weighted by atomic mass is 10.1. The lowest BCUT2D eigenvalue weighted by molar-refractivity contribution is -0.129. The number of benzene rings is 1. The maximum atomic E-state index is 12.0. The molecule has 1 saturated heterocycles. The van der Waals surface area contributed by atoms with Crippen LogP contribution in [-0.4, -0.2) is 42.5 Å². The molecule has 2 N–H and O–H groups in total. The molecule has 0 saturated carbocycles. The minimum Gasteiger partial charge on any atom is -0.345 e. The second-order valence-electron chi connectivity index (χ2n) is 5.74. The zero-order valence-electron chi connectivity index (χ0n) is 12.7. The molecule has 2 heterocycles. The summed E-state index contributed by atoms with van der Waals surface area (Å²) in [4.78, 5) is 20.4. The van der Waals surface area contributed by atoms with E-state index in [2.05, 4.69) is 0 Å². The Bertz CT molecular complexity index is 731. The number of piperazine rings is 1. The zero-order valence-corrected chi connectivity index (χ0v) is 13.5. The lowest BCUT2D eigenvalue weighted by Gasteiger charge is -2.34. The fourth-order valence-electron chi connectivity index (χ4n) is 2.70. The highest BCUT2D eigenvalue weighted by molar-refractivity contribution is 6.35. The molecule has 1 fully saturated rings. The lowest BCUT2D eigenvalue weighted by Crippen LogP contribution is -2.49. The van der Waals surface area contributed by atoms with E-state index in [9.17, 15) is 4.79 Å². The number of nitrogens with two attached hydrogens (primary N) is 1. The van der Waals surface area contributed by atoms with Crippen LogP contribution in [-0.2, 0) is 4.79 Å². The summed E-state index contributed by atoms with van der Waals surface area (Å²) in [5, 5.41) is 1.57. The second kappa shape index (κ2) is 5.74. The van der Waals surface area contributed by atoms with Crippen molar-refractivity contribution in [1.29, 1.82) is 0 Å². The van der Waals surface area contributed by atoms with Crippen molar-refractivity contribution in [3.8, 4) is 0 Å². The van der Waals surface area contributed by atoms with Crippen molar-refractivity contribution in [2.45, 2.75) is 13.0 Å². The molecule has 1 aromatic heterocycles. The average molecular weight is 319 g/mol. The summed E-state index contributed by atoms with van der Waals surface area (Å²) in [6.07, 6.45) is 0. The molecule has 1 atom stereocenters. The molecular formula is C16H19ClN4O. The number of fused-ring (bicyclic) bond motifs is 1. The number of para-hydroxylation sites is 1. The molecule has 22 heavy (non-hydrogen) atoms. The van der Waals surface area contributed by atoms with Crippen molar-refractivity contribution < 1.29 is 4.79 Å². The molecule has 5 nitrogen and oxygen atoms in total. The van der Waals surface area contributed by atoms with Crippen molar-refractivity contribution in [1.82, 2.24) is 9.88 Å². The monoisotopic (exact) mass is 318 g/mol. The third kappa shape index (κ3) is 2.62. The first kappa shape index (κ1) is 15.1. The number of pyridine rings is 1. The number of halogens is 1. The summed E-state index contributed by atoms with van der Waals surface area (Å²) in [5.41, 5.74) is 7.80. The number of aromatic nitrogens is 1. The molecule has 1 aliphatic heterocycles. The maximum Gasteiger partial charge on any atom is 0.241 e. The summed E-state index contributed by atoms with van der Waals surface area (Å²) in [5.74, 6) is 0.847. The number of anilines is 1. The van der Waals surface area contributed by atoms with Crippen molar-refractivity contribution in [3.05, 3.63) is 34.9 Å². The van der Waals surface area contributed by atoms with Crippen LogP contribution in [0.5, 0.6) is 0 Å². The van der Waals surface area contributed by atoms with Gasteiger partial charge in [0.25, 0.3) is 0 Å². The Morgan fingerprint density at radius 1 is 1.36 bits per heavy atom. The van der Waals surface area contributed by atoms with Gasteiger partial charge in [0.15, 0.2) is 0 Å². The SMILES string of the molecule is C[C@H](N)c1cc2cccc(Cl)c2nc1N1CCN(C)C(=O)C1. The summed E-state index contributed by atoms with van der Waals surface area (Å²) < 4.78 is 0. The molecule has 116 valence electrons. The fraction of sp³-hybridized carbons (Fsp3) is 0.375. The van der Waals surface area contributed by atoms with Crippen molar-refractivity contribution in [2.75, 3.05) is 31.6 Å². The van der Waals surface area contributed by atoms with E-state index in [1.54, 1.807) is 4.90 Å². The van der Waals surface area contributed by atoms with Gasteiger partial charge in [-0.1, -0.05) is 23.7 Å². The van der Waals surface area contributed by atoms with Crippen LogP contribution in [0.15, 0.2) is 24.3 Å². The highest BCUT2D eigenvalue weighted by Crippen LogP contribution is 2.31. The molecule has 6 heteroatoms. The fourth-order valence-corrected chi connectivity index (χ4v) is 2.92. The molecule has 1 aliphatic rings. The molecule has 2 aromatic rings. The van der Waals surface area contributed by atoms with E-state index < -0.39 is 0 Å². The number of nitrogens with zero attached hydrogens (tertiary/aromatic N) is 3. The zero-order chi connectivity index (χ0) is 15.9. The van der Waals surface area contributed by atoms with E-state index in [0.717, 1.165) is 28.8 Å². The molecular weight excluding hydrogens is 300 g/mol. The molecule has 0 bridgehead atoms. The standard InChI is InChI=1S/C16H19ClN4O/c1-10(18)12-8-11-4-3-5-13(17)15(11)19-16(12)21-7-6-20(2)14(22)9-21/h3-5,8,10H,6-7,9,18H2,1-2H3/t10-/m0/s1. The molecule has 0 unspecified atom stereocenters. The van der Waals surface area contributed by atoms with Gasteiger partial charge in [0.05, 0.1) is 17.1 Å². The van der Waals surface area contributed by atoms with Crippen LogP contribution < -0.4 is 10.6 Å². The van der Waals surface area contributed by atoms with Crippen LogP contribution in [0.1, 0.15) is 18.5 Å². The summed E-state index contributed by atoms with van der Waals surface area (Å²) in [6.45, 7) is 3.67. The van der Waals surface area contributed by atoms with Crippen LogP contribution in [0, 0.1) is 0 Å². The number of carbonyl (C=O) groups excluding carboxylic acids is 1. The molecule has 1 amide bonds. The number of hydrogen-bond donors (Lipinski definition) is 1. The smallest absolute Gasteiger partial charge is 0.241 e. The van der Waals surface area contributed by atoms with Gasteiger partial charge >= 0.3 is 0 Å². The number of hydrogen-bond acceptors (Lipinski definition) is 4. The Morgan fingerprint density at radius 3 is 2.82 bits per heavy atom. The van der Waals surface area contributed by atoms with Crippen molar-refractivity contribution in [2.24, 2.45) is 5.73 Å². The predicted molar refractivity (Wildman–Crippen MR) is 89.2 cm³/mol. The largest absolute Gasteiger partial charge is 0.345 e. The van der Waals surface area contributed by atoms with E-state index in [0.29, 0.717) is 18.1 Å². The van der Waals surface area contributed by atoms with Crippen molar-refractivity contribution >= 4 is 34.2 Å². The number of amides is 1. The Hall–Kier alpha value is -1.85. The number of carbonyl (C=O) groups is 1. The van der Waals surface area contributed by atoms with Gasteiger partial charge in [-0.25, -0.2) is 4.98 Å². The highest BCUT2D eigenvalue weighted by Gasteiger charge is 2.25. The third-order valence-corrected chi connectivity index (χ3v) is 4.36. The quantitative estimate of drug-likeness (QED) is 0.922. The van der Waals surface area contributed by atoms with Crippen LogP contribution in [0.2, 0.25) is 5.02 Å².